The van der Waals surface area contributed by atoms with E-state index in [0.717, 1.165) is 4.90 Å². The van der Waals surface area contributed by atoms with E-state index in [1.807, 2.05) is 0 Å². The van der Waals surface area contributed by atoms with E-state index in [0.29, 0.717) is 5.02 Å². The van der Waals surface area contributed by atoms with Gasteiger partial charge in [-0.3, -0.25) is 14.9 Å². The van der Waals surface area contributed by atoms with Gasteiger partial charge in [0.25, 0.3) is 11.8 Å². The lowest BCUT2D eigenvalue weighted by Crippen LogP contribution is -2.47. The minimum Gasteiger partial charge on any atom is -0.275 e. The summed E-state index contributed by atoms with van der Waals surface area (Å²) in [5.74, 6) is -1.05. The molecular weight excluding hydrogens is 256 g/mol. The Morgan fingerprint density at radius 1 is 1.33 bits per heavy atom. The van der Waals surface area contributed by atoms with E-state index in [2.05, 4.69) is 5.32 Å². The Labute approximate surface area is 109 Å². The van der Waals surface area contributed by atoms with Gasteiger partial charge in [0.1, 0.15) is 5.54 Å². The van der Waals surface area contributed by atoms with Crippen molar-refractivity contribution >= 4 is 29.4 Å². The Kier molecular flexibility index (Phi) is 2.86. The van der Waals surface area contributed by atoms with Gasteiger partial charge >= 0.3 is 6.03 Å². The van der Waals surface area contributed by atoms with E-state index in [4.69, 9.17) is 11.6 Å². The maximum atomic E-state index is 12.2. The lowest BCUT2D eigenvalue weighted by molar-refractivity contribution is -0.124. The summed E-state index contributed by atoms with van der Waals surface area (Å²) in [5.41, 5.74) is -0.934. The first-order valence-corrected chi connectivity index (χ1v) is 5.67. The summed E-state index contributed by atoms with van der Waals surface area (Å²) >= 11 is 5.79. The fourth-order valence-corrected chi connectivity index (χ4v) is 1.95. The SMILES string of the molecule is CC1(C)C(=O)NC(=O)N1C(=O)c1cccc(Cl)c1. The summed E-state index contributed by atoms with van der Waals surface area (Å²) in [6.45, 7) is 3.02. The highest BCUT2D eigenvalue weighted by Crippen LogP contribution is 2.24. The van der Waals surface area contributed by atoms with Gasteiger partial charge in [-0.25, -0.2) is 9.69 Å². The van der Waals surface area contributed by atoms with Crippen molar-refractivity contribution in [3.63, 3.8) is 0 Å². The smallest absolute Gasteiger partial charge is 0.275 e. The van der Waals surface area contributed by atoms with Gasteiger partial charge in [0.15, 0.2) is 0 Å². The van der Waals surface area contributed by atoms with Crippen LogP contribution in [0.2, 0.25) is 5.02 Å². The third kappa shape index (κ3) is 1.86. The van der Waals surface area contributed by atoms with E-state index in [1.54, 1.807) is 18.2 Å². The Morgan fingerprint density at radius 2 is 2.00 bits per heavy atom. The molecule has 1 saturated heterocycles. The van der Waals surface area contributed by atoms with E-state index in [9.17, 15) is 14.4 Å². The molecule has 1 aliphatic rings. The van der Waals surface area contributed by atoms with Crippen LogP contribution in [0, 0.1) is 0 Å². The zero-order valence-corrected chi connectivity index (χ0v) is 10.6. The maximum absolute atomic E-state index is 12.2. The van der Waals surface area contributed by atoms with Gasteiger partial charge in [-0.15, -0.1) is 0 Å². The summed E-state index contributed by atoms with van der Waals surface area (Å²) in [7, 11) is 0. The van der Waals surface area contributed by atoms with Crippen LogP contribution in [0.5, 0.6) is 0 Å². The molecule has 1 heterocycles. The fraction of sp³-hybridized carbons (Fsp3) is 0.250. The minimum atomic E-state index is -1.20. The number of hydrogen-bond acceptors (Lipinski definition) is 3. The van der Waals surface area contributed by atoms with Gasteiger partial charge in [0, 0.05) is 10.6 Å². The van der Waals surface area contributed by atoms with E-state index >= 15 is 0 Å². The first-order valence-electron chi connectivity index (χ1n) is 5.29. The van der Waals surface area contributed by atoms with Crippen molar-refractivity contribution in [2.75, 3.05) is 0 Å². The van der Waals surface area contributed by atoms with Gasteiger partial charge in [0.2, 0.25) is 0 Å². The van der Waals surface area contributed by atoms with Crippen molar-refractivity contribution in [3.05, 3.63) is 34.9 Å². The highest BCUT2D eigenvalue weighted by atomic mass is 35.5. The van der Waals surface area contributed by atoms with Crippen molar-refractivity contribution in [1.29, 1.82) is 0 Å². The first kappa shape index (κ1) is 12.6. The van der Waals surface area contributed by atoms with Crippen molar-refractivity contribution in [2.45, 2.75) is 19.4 Å². The van der Waals surface area contributed by atoms with Crippen LogP contribution in [0.3, 0.4) is 0 Å². The largest absolute Gasteiger partial charge is 0.332 e. The van der Waals surface area contributed by atoms with Crippen LogP contribution in [-0.2, 0) is 4.79 Å². The summed E-state index contributed by atoms with van der Waals surface area (Å²) in [6.07, 6.45) is 0. The maximum Gasteiger partial charge on any atom is 0.332 e. The number of imide groups is 2. The second kappa shape index (κ2) is 4.10. The van der Waals surface area contributed by atoms with Crippen molar-refractivity contribution in [1.82, 2.24) is 10.2 Å². The molecule has 5 nitrogen and oxygen atoms in total. The zero-order chi connectivity index (χ0) is 13.5. The third-order valence-corrected chi connectivity index (χ3v) is 3.05. The Balaban J connectivity index is 2.40. The number of amides is 4. The van der Waals surface area contributed by atoms with Crippen molar-refractivity contribution in [2.24, 2.45) is 0 Å². The average Bonchev–Trinajstić information content (AvgIpc) is 2.47. The molecule has 18 heavy (non-hydrogen) atoms. The van der Waals surface area contributed by atoms with Crippen LogP contribution in [0.4, 0.5) is 4.79 Å². The number of rotatable bonds is 1. The van der Waals surface area contributed by atoms with Crippen molar-refractivity contribution < 1.29 is 14.4 Å². The molecule has 0 unspecified atom stereocenters. The van der Waals surface area contributed by atoms with Crippen LogP contribution < -0.4 is 5.32 Å². The topological polar surface area (TPSA) is 66.5 Å². The highest BCUT2D eigenvalue weighted by molar-refractivity contribution is 6.31. The van der Waals surface area contributed by atoms with Crippen LogP contribution >= 0.6 is 11.6 Å². The van der Waals surface area contributed by atoms with Gasteiger partial charge in [-0.1, -0.05) is 17.7 Å². The predicted molar refractivity (Wildman–Crippen MR) is 65.2 cm³/mol. The molecule has 6 heteroatoms. The molecule has 1 aliphatic heterocycles. The third-order valence-electron chi connectivity index (χ3n) is 2.81. The lowest BCUT2D eigenvalue weighted by Gasteiger charge is -2.25. The Morgan fingerprint density at radius 3 is 2.50 bits per heavy atom. The van der Waals surface area contributed by atoms with Crippen molar-refractivity contribution in [3.8, 4) is 0 Å². The van der Waals surface area contributed by atoms with Crippen LogP contribution in [0.1, 0.15) is 24.2 Å². The Hall–Kier alpha value is -1.88. The van der Waals surface area contributed by atoms with E-state index < -0.39 is 23.4 Å². The molecule has 1 aromatic rings. The molecule has 0 aliphatic carbocycles. The van der Waals surface area contributed by atoms with Gasteiger partial charge in [0.05, 0.1) is 0 Å². The number of benzene rings is 1. The van der Waals surface area contributed by atoms with Gasteiger partial charge in [-0.2, -0.15) is 0 Å². The van der Waals surface area contributed by atoms with Gasteiger partial charge in [-0.05, 0) is 32.0 Å². The number of nitrogens with zero attached hydrogens (tertiary/aromatic N) is 1. The second-order valence-corrected chi connectivity index (χ2v) is 4.91. The number of hydrogen-bond donors (Lipinski definition) is 1. The standard InChI is InChI=1S/C12H11ClN2O3/c1-12(2)10(17)14-11(18)15(12)9(16)7-4-3-5-8(13)6-7/h3-6H,1-2H3,(H,14,17,18). The van der Waals surface area contributed by atoms with E-state index in [1.165, 1.54) is 19.9 Å². The first-order chi connectivity index (χ1) is 8.34. The Bertz CT molecular complexity index is 554. The zero-order valence-electron chi connectivity index (χ0n) is 9.86. The molecule has 0 aromatic heterocycles. The molecule has 2 rings (SSSR count). The van der Waals surface area contributed by atoms with Crippen LogP contribution in [-0.4, -0.2) is 28.3 Å². The number of urea groups is 1. The summed E-state index contributed by atoms with van der Waals surface area (Å²) < 4.78 is 0. The van der Waals surface area contributed by atoms with Crippen LogP contribution in [0.25, 0.3) is 0 Å². The average molecular weight is 267 g/mol. The number of carbonyl (C=O) groups excluding carboxylic acids is 3. The highest BCUT2D eigenvalue weighted by Gasteiger charge is 2.49. The molecule has 4 amide bonds. The van der Waals surface area contributed by atoms with Crippen LogP contribution in [0.15, 0.2) is 24.3 Å². The molecule has 1 fully saturated rings. The molecule has 0 bridgehead atoms. The second-order valence-electron chi connectivity index (χ2n) is 4.47. The number of carbonyl (C=O) groups is 3. The molecule has 0 saturated carbocycles. The van der Waals surface area contributed by atoms with Gasteiger partial charge < -0.3 is 0 Å². The minimum absolute atomic E-state index is 0.264. The molecule has 1 N–H and O–H groups in total. The quantitative estimate of drug-likeness (QED) is 0.789. The molecule has 0 atom stereocenters. The summed E-state index contributed by atoms with van der Waals surface area (Å²) in [6, 6.07) is 5.52. The monoisotopic (exact) mass is 266 g/mol. The lowest BCUT2D eigenvalue weighted by atomic mass is 10.0. The number of nitrogens with one attached hydrogen (secondary N) is 1. The molecule has 0 radical (unpaired) electrons. The summed E-state index contributed by atoms with van der Waals surface area (Å²) in [4.78, 5) is 36.3. The predicted octanol–water partition coefficient (Wildman–Crippen LogP) is 1.81. The molecular formula is C12H11ClN2O3. The summed E-state index contributed by atoms with van der Waals surface area (Å²) in [5, 5.41) is 2.51. The molecule has 1 aromatic carbocycles. The molecule has 94 valence electrons. The van der Waals surface area contributed by atoms with E-state index in [-0.39, 0.29) is 5.56 Å². The number of halogens is 1. The fourth-order valence-electron chi connectivity index (χ4n) is 1.76. The molecule has 0 spiro atoms. The normalized spacial score (nSPS) is 17.8.